The molecule has 1 fully saturated rings. The second kappa shape index (κ2) is 4.85. The van der Waals surface area contributed by atoms with Crippen molar-refractivity contribution in [3.8, 4) is 0 Å². The molecular formula is C14H15ClN2O2. The summed E-state index contributed by atoms with van der Waals surface area (Å²) in [5, 5.41) is 0. The van der Waals surface area contributed by atoms with Gasteiger partial charge in [-0.05, 0) is 24.1 Å². The van der Waals surface area contributed by atoms with E-state index in [-0.39, 0.29) is 11.8 Å². The summed E-state index contributed by atoms with van der Waals surface area (Å²) in [6, 6.07) is 5.69. The Morgan fingerprint density at radius 1 is 1.53 bits per heavy atom. The fourth-order valence-electron chi connectivity index (χ4n) is 2.42. The SMILES string of the molecule is CCc1nc2cc(N3CC(CCl)CC3=O)ccc2o1. The van der Waals surface area contributed by atoms with E-state index in [0.29, 0.717) is 18.8 Å². The highest BCUT2D eigenvalue weighted by Crippen LogP contribution is 2.28. The first-order chi connectivity index (χ1) is 9.21. The topological polar surface area (TPSA) is 46.3 Å². The average molecular weight is 279 g/mol. The lowest BCUT2D eigenvalue weighted by molar-refractivity contribution is -0.117. The number of hydrogen-bond donors (Lipinski definition) is 0. The monoisotopic (exact) mass is 278 g/mol. The van der Waals surface area contributed by atoms with Crippen LogP contribution in [0.15, 0.2) is 22.6 Å². The molecule has 1 aliphatic rings. The predicted octanol–water partition coefficient (Wildman–Crippen LogP) is 2.98. The fraction of sp³-hybridized carbons (Fsp3) is 0.429. The van der Waals surface area contributed by atoms with Crippen molar-refractivity contribution in [3.05, 3.63) is 24.1 Å². The molecular weight excluding hydrogens is 264 g/mol. The van der Waals surface area contributed by atoms with Crippen LogP contribution in [0.2, 0.25) is 0 Å². The second-order valence-corrected chi connectivity index (χ2v) is 5.15. The number of benzene rings is 1. The lowest BCUT2D eigenvalue weighted by Crippen LogP contribution is -2.24. The number of aromatic nitrogens is 1. The van der Waals surface area contributed by atoms with E-state index in [0.717, 1.165) is 29.1 Å². The zero-order valence-electron chi connectivity index (χ0n) is 10.7. The van der Waals surface area contributed by atoms with Gasteiger partial charge in [0.1, 0.15) is 5.52 Å². The number of carbonyl (C=O) groups excluding carboxylic acids is 1. The van der Waals surface area contributed by atoms with Crippen molar-refractivity contribution in [2.75, 3.05) is 17.3 Å². The highest BCUT2D eigenvalue weighted by atomic mass is 35.5. The average Bonchev–Trinajstić information content (AvgIpc) is 3.00. The maximum atomic E-state index is 12.0. The molecule has 0 spiro atoms. The summed E-state index contributed by atoms with van der Waals surface area (Å²) < 4.78 is 5.57. The zero-order chi connectivity index (χ0) is 13.4. The van der Waals surface area contributed by atoms with Gasteiger partial charge in [-0.1, -0.05) is 6.92 Å². The molecule has 1 amide bonds. The molecule has 1 unspecified atom stereocenters. The lowest BCUT2D eigenvalue weighted by atomic mass is 10.1. The van der Waals surface area contributed by atoms with E-state index in [9.17, 15) is 4.79 Å². The minimum absolute atomic E-state index is 0.129. The lowest BCUT2D eigenvalue weighted by Gasteiger charge is -2.16. The number of alkyl halides is 1. The Hall–Kier alpha value is -1.55. The van der Waals surface area contributed by atoms with E-state index in [2.05, 4.69) is 4.98 Å². The molecule has 4 nitrogen and oxygen atoms in total. The largest absolute Gasteiger partial charge is 0.441 e. The molecule has 3 rings (SSSR count). The first-order valence-electron chi connectivity index (χ1n) is 6.47. The number of carbonyl (C=O) groups is 1. The molecule has 0 aliphatic carbocycles. The first kappa shape index (κ1) is 12.5. The Labute approximate surface area is 116 Å². The number of anilines is 1. The van der Waals surface area contributed by atoms with Gasteiger partial charge in [-0.25, -0.2) is 4.98 Å². The highest BCUT2D eigenvalue weighted by molar-refractivity contribution is 6.18. The first-order valence-corrected chi connectivity index (χ1v) is 7.00. The van der Waals surface area contributed by atoms with Crippen molar-refractivity contribution >= 4 is 34.3 Å². The number of rotatable bonds is 3. The summed E-state index contributed by atoms with van der Waals surface area (Å²) in [6.07, 6.45) is 1.29. The van der Waals surface area contributed by atoms with Crippen LogP contribution in [-0.4, -0.2) is 23.3 Å². The highest BCUT2D eigenvalue weighted by Gasteiger charge is 2.30. The fourth-order valence-corrected chi connectivity index (χ4v) is 2.62. The third-order valence-corrected chi connectivity index (χ3v) is 3.89. The molecule has 19 heavy (non-hydrogen) atoms. The Kier molecular flexibility index (Phi) is 3.19. The molecule has 1 atom stereocenters. The number of amides is 1. The van der Waals surface area contributed by atoms with Gasteiger partial charge in [0.2, 0.25) is 5.91 Å². The quantitative estimate of drug-likeness (QED) is 0.811. The van der Waals surface area contributed by atoms with E-state index in [1.165, 1.54) is 0 Å². The molecule has 0 saturated carbocycles. The van der Waals surface area contributed by atoms with Crippen molar-refractivity contribution in [1.82, 2.24) is 4.98 Å². The van der Waals surface area contributed by atoms with Crippen LogP contribution in [0.5, 0.6) is 0 Å². The molecule has 0 radical (unpaired) electrons. The van der Waals surface area contributed by atoms with Crippen LogP contribution in [0.3, 0.4) is 0 Å². The summed E-state index contributed by atoms with van der Waals surface area (Å²) in [5.74, 6) is 1.62. The Morgan fingerprint density at radius 3 is 3.05 bits per heavy atom. The number of aryl methyl sites for hydroxylation is 1. The van der Waals surface area contributed by atoms with Gasteiger partial charge in [-0.15, -0.1) is 11.6 Å². The summed E-state index contributed by atoms with van der Waals surface area (Å²) in [6.45, 7) is 2.69. The van der Waals surface area contributed by atoms with Crippen LogP contribution in [0.25, 0.3) is 11.1 Å². The van der Waals surface area contributed by atoms with Crippen molar-refractivity contribution in [1.29, 1.82) is 0 Å². The number of oxazole rings is 1. The van der Waals surface area contributed by atoms with Gasteiger partial charge in [0, 0.05) is 31.0 Å². The molecule has 2 aromatic rings. The smallest absolute Gasteiger partial charge is 0.227 e. The normalized spacial score (nSPS) is 19.6. The van der Waals surface area contributed by atoms with E-state index in [1.54, 1.807) is 4.90 Å². The van der Waals surface area contributed by atoms with Gasteiger partial charge in [0.15, 0.2) is 11.5 Å². The molecule has 1 saturated heterocycles. The van der Waals surface area contributed by atoms with E-state index in [4.69, 9.17) is 16.0 Å². The van der Waals surface area contributed by atoms with Crippen LogP contribution in [-0.2, 0) is 11.2 Å². The number of halogens is 1. The standard InChI is InChI=1S/C14H15ClN2O2/c1-2-13-16-11-6-10(3-4-12(11)19-13)17-8-9(7-15)5-14(17)18/h3-4,6,9H,2,5,7-8H2,1H3. The maximum Gasteiger partial charge on any atom is 0.227 e. The molecule has 0 bridgehead atoms. The number of hydrogen-bond acceptors (Lipinski definition) is 3. The maximum absolute atomic E-state index is 12.0. The molecule has 5 heteroatoms. The predicted molar refractivity (Wildman–Crippen MR) is 74.6 cm³/mol. The summed E-state index contributed by atoms with van der Waals surface area (Å²) in [4.78, 5) is 18.1. The van der Waals surface area contributed by atoms with E-state index < -0.39 is 0 Å². The van der Waals surface area contributed by atoms with Gasteiger partial charge >= 0.3 is 0 Å². The number of nitrogens with zero attached hydrogens (tertiary/aromatic N) is 2. The van der Waals surface area contributed by atoms with Crippen LogP contribution >= 0.6 is 11.6 Å². The Balaban J connectivity index is 1.94. The summed E-state index contributed by atoms with van der Waals surface area (Å²) >= 11 is 5.84. The minimum Gasteiger partial charge on any atom is -0.441 e. The summed E-state index contributed by atoms with van der Waals surface area (Å²) in [5.41, 5.74) is 2.44. The number of fused-ring (bicyclic) bond motifs is 1. The van der Waals surface area contributed by atoms with Gasteiger partial charge in [-0.3, -0.25) is 4.79 Å². The second-order valence-electron chi connectivity index (χ2n) is 4.84. The van der Waals surface area contributed by atoms with Gasteiger partial charge < -0.3 is 9.32 Å². The molecule has 1 aromatic carbocycles. The van der Waals surface area contributed by atoms with Crippen LogP contribution in [0.4, 0.5) is 5.69 Å². The van der Waals surface area contributed by atoms with Crippen LogP contribution in [0, 0.1) is 5.92 Å². The molecule has 1 aliphatic heterocycles. The Bertz CT molecular complexity index is 623. The molecule has 100 valence electrons. The van der Waals surface area contributed by atoms with Crippen molar-refractivity contribution in [2.45, 2.75) is 19.8 Å². The van der Waals surface area contributed by atoms with Crippen molar-refractivity contribution < 1.29 is 9.21 Å². The van der Waals surface area contributed by atoms with Crippen molar-refractivity contribution in [3.63, 3.8) is 0 Å². The molecule has 2 heterocycles. The molecule has 0 N–H and O–H groups in total. The van der Waals surface area contributed by atoms with Gasteiger partial charge in [0.05, 0.1) is 0 Å². The Morgan fingerprint density at radius 2 is 2.37 bits per heavy atom. The minimum atomic E-state index is 0.129. The zero-order valence-corrected chi connectivity index (χ0v) is 11.5. The summed E-state index contributed by atoms with van der Waals surface area (Å²) in [7, 11) is 0. The van der Waals surface area contributed by atoms with Gasteiger partial charge in [-0.2, -0.15) is 0 Å². The molecule has 1 aromatic heterocycles. The van der Waals surface area contributed by atoms with Crippen LogP contribution in [0.1, 0.15) is 19.2 Å². The third-order valence-electron chi connectivity index (χ3n) is 3.45. The van der Waals surface area contributed by atoms with Crippen LogP contribution < -0.4 is 4.90 Å². The van der Waals surface area contributed by atoms with Gasteiger partial charge in [0.25, 0.3) is 0 Å². The van der Waals surface area contributed by atoms with E-state index in [1.807, 2.05) is 25.1 Å². The van der Waals surface area contributed by atoms with Crippen molar-refractivity contribution in [2.24, 2.45) is 5.92 Å². The third kappa shape index (κ3) is 2.21. The van der Waals surface area contributed by atoms with E-state index >= 15 is 0 Å².